The van der Waals surface area contributed by atoms with Gasteiger partial charge in [-0.2, -0.15) is 0 Å². The summed E-state index contributed by atoms with van der Waals surface area (Å²) in [5.41, 5.74) is 0. The van der Waals surface area contributed by atoms with E-state index in [-0.39, 0.29) is 6.61 Å². The molecule has 1 atom stereocenters. The largest absolute Gasteiger partial charge is 0.393 e. The lowest BCUT2D eigenvalue weighted by Crippen LogP contribution is -2.09. The third-order valence-corrected chi connectivity index (χ3v) is 1.46. The Morgan fingerprint density at radius 2 is 2.08 bits per heavy atom. The van der Waals surface area contributed by atoms with E-state index in [2.05, 4.69) is 13.8 Å². The molecule has 0 aliphatic rings. The topological polar surface area (TPSA) is 29.5 Å². The molecule has 0 saturated carbocycles. The highest BCUT2D eigenvalue weighted by atomic mass is 19.1. The van der Waals surface area contributed by atoms with Gasteiger partial charge in [-0.15, -0.1) is 0 Å². The standard InChI is InChI=1S/C9H19FO2/c1-8(2)7-12-5-3-4-9(10)6-11/h8-9,11H,3-7H2,1-2H3. The van der Waals surface area contributed by atoms with Gasteiger partial charge in [-0.25, -0.2) is 4.39 Å². The molecule has 0 fully saturated rings. The van der Waals surface area contributed by atoms with E-state index in [0.29, 0.717) is 25.4 Å². The molecule has 1 N–H and O–H groups in total. The van der Waals surface area contributed by atoms with Crippen molar-refractivity contribution in [2.24, 2.45) is 5.92 Å². The predicted octanol–water partition coefficient (Wildman–Crippen LogP) is 1.77. The van der Waals surface area contributed by atoms with Crippen LogP contribution in [-0.2, 0) is 4.74 Å². The van der Waals surface area contributed by atoms with E-state index >= 15 is 0 Å². The van der Waals surface area contributed by atoms with Crippen molar-refractivity contribution in [3.8, 4) is 0 Å². The van der Waals surface area contributed by atoms with Crippen LogP contribution in [0, 0.1) is 5.92 Å². The lowest BCUT2D eigenvalue weighted by Gasteiger charge is -2.07. The van der Waals surface area contributed by atoms with E-state index in [1.165, 1.54) is 0 Å². The van der Waals surface area contributed by atoms with Gasteiger partial charge in [-0.05, 0) is 18.8 Å². The van der Waals surface area contributed by atoms with Crippen molar-refractivity contribution in [2.45, 2.75) is 32.9 Å². The van der Waals surface area contributed by atoms with Gasteiger partial charge in [-0.3, -0.25) is 0 Å². The molecule has 0 aromatic carbocycles. The predicted molar refractivity (Wildman–Crippen MR) is 46.9 cm³/mol. The van der Waals surface area contributed by atoms with Crippen LogP contribution in [0.1, 0.15) is 26.7 Å². The Balaban J connectivity index is 3.00. The summed E-state index contributed by atoms with van der Waals surface area (Å²) in [6, 6.07) is 0. The molecule has 1 unspecified atom stereocenters. The number of hydrogen-bond donors (Lipinski definition) is 1. The molecule has 2 nitrogen and oxygen atoms in total. The number of alkyl halides is 1. The monoisotopic (exact) mass is 178 g/mol. The summed E-state index contributed by atoms with van der Waals surface area (Å²) in [6.45, 7) is 5.11. The fraction of sp³-hybridized carbons (Fsp3) is 1.00. The first-order valence-corrected chi connectivity index (χ1v) is 4.49. The second-order valence-electron chi connectivity index (χ2n) is 3.39. The lowest BCUT2D eigenvalue weighted by molar-refractivity contribution is 0.0948. The second kappa shape index (κ2) is 7.50. The third kappa shape index (κ3) is 7.95. The summed E-state index contributed by atoms with van der Waals surface area (Å²) in [5, 5.41) is 8.36. The maximum atomic E-state index is 12.4. The normalized spacial score (nSPS) is 13.8. The lowest BCUT2D eigenvalue weighted by atomic mass is 10.2. The summed E-state index contributed by atoms with van der Waals surface area (Å²) in [4.78, 5) is 0. The first kappa shape index (κ1) is 11.8. The fourth-order valence-corrected chi connectivity index (χ4v) is 0.817. The number of halogens is 1. The number of rotatable bonds is 7. The van der Waals surface area contributed by atoms with Gasteiger partial charge in [-0.1, -0.05) is 13.8 Å². The molecule has 0 heterocycles. The first-order chi connectivity index (χ1) is 5.66. The SMILES string of the molecule is CC(C)COCCCC(F)CO. The third-order valence-electron chi connectivity index (χ3n) is 1.46. The molecule has 0 aromatic heterocycles. The summed E-state index contributed by atoms with van der Waals surface area (Å²) in [6.07, 6.45) is 0.0101. The van der Waals surface area contributed by atoms with E-state index < -0.39 is 6.17 Å². The van der Waals surface area contributed by atoms with Crippen LogP contribution in [0.5, 0.6) is 0 Å². The molecule has 12 heavy (non-hydrogen) atoms. The fourth-order valence-electron chi connectivity index (χ4n) is 0.817. The van der Waals surface area contributed by atoms with Gasteiger partial charge in [0.05, 0.1) is 6.61 Å². The molecule has 0 rings (SSSR count). The number of aliphatic hydroxyl groups is 1. The van der Waals surface area contributed by atoms with Crippen LogP contribution in [0.3, 0.4) is 0 Å². The Morgan fingerprint density at radius 3 is 2.58 bits per heavy atom. The van der Waals surface area contributed by atoms with Crippen molar-refractivity contribution in [3.05, 3.63) is 0 Å². The summed E-state index contributed by atoms with van der Waals surface area (Å²) >= 11 is 0. The van der Waals surface area contributed by atoms with Crippen LogP contribution in [0.4, 0.5) is 4.39 Å². The molecule has 3 heteroatoms. The smallest absolute Gasteiger partial charge is 0.123 e. The highest BCUT2D eigenvalue weighted by Gasteiger charge is 2.03. The molecule has 0 bridgehead atoms. The van der Waals surface area contributed by atoms with E-state index in [1.807, 2.05) is 0 Å². The molecule has 0 aromatic rings. The van der Waals surface area contributed by atoms with Crippen molar-refractivity contribution in [2.75, 3.05) is 19.8 Å². The van der Waals surface area contributed by atoms with Crippen LogP contribution in [-0.4, -0.2) is 31.1 Å². The van der Waals surface area contributed by atoms with E-state index in [4.69, 9.17) is 9.84 Å². The van der Waals surface area contributed by atoms with Crippen molar-refractivity contribution in [1.29, 1.82) is 0 Å². The van der Waals surface area contributed by atoms with Crippen LogP contribution < -0.4 is 0 Å². The molecule has 0 radical (unpaired) electrons. The Hall–Kier alpha value is -0.150. The van der Waals surface area contributed by atoms with E-state index in [1.54, 1.807) is 0 Å². The van der Waals surface area contributed by atoms with Crippen LogP contribution in [0.25, 0.3) is 0 Å². The second-order valence-corrected chi connectivity index (χ2v) is 3.39. The molecular formula is C9H19FO2. The van der Waals surface area contributed by atoms with Gasteiger partial charge < -0.3 is 9.84 Å². The quantitative estimate of drug-likeness (QED) is 0.602. The maximum Gasteiger partial charge on any atom is 0.123 e. The van der Waals surface area contributed by atoms with Gasteiger partial charge in [0.1, 0.15) is 6.17 Å². The van der Waals surface area contributed by atoms with Gasteiger partial charge in [0.25, 0.3) is 0 Å². The average molecular weight is 178 g/mol. The van der Waals surface area contributed by atoms with Gasteiger partial charge in [0.2, 0.25) is 0 Å². The molecule has 74 valence electrons. The molecule has 0 spiro atoms. The minimum absolute atomic E-state index is 0.371. The minimum atomic E-state index is -1.08. The molecule has 0 aliphatic heterocycles. The summed E-state index contributed by atoms with van der Waals surface area (Å²) < 4.78 is 17.7. The maximum absolute atomic E-state index is 12.4. The van der Waals surface area contributed by atoms with Crippen molar-refractivity contribution < 1.29 is 14.2 Å². The summed E-state index contributed by atoms with van der Waals surface area (Å²) in [7, 11) is 0. The Labute approximate surface area is 73.7 Å². The zero-order valence-electron chi connectivity index (χ0n) is 7.92. The van der Waals surface area contributed by atoms with Gasteiger partial charge in [0.15, 0.2) is 0 Å². The van der Waals surface area contributed by atoms with E-state index in [0.717, 1.165) is 6.61 Å². The zero-order valence-corrected chi connectivity index (χ0v) is 7.92. The average Bonchev–Trinajstić information content (AvgIpc) is 2.03. The van der Waals surface area contributed by atoms with Crippen molar-refractivity contribution >= 4 is 0 Å². The Bertz CT molecular complexity index is 96.5. The number of hydrogen-bond acceptors (Lipinski definition) is 2. The van der Waals surface area contributed by atoms with Crippen LogP contribution in [0.2, 0.25) is 0 Å². The Kier molecular flexibility index (Phi) is 7.40. The van der Waals surface area contributed by atoms with Gasteiger partial charge >= 0.3 is 0 Å². The van der Waals surface area contributed by atoms with Gasteiger partial charge in [0, 0.05) is 13.2 Å². The Morgan fingerprint density at radius 1 is 1.42 bits per heavy atom. The summed E-state index contributed by atoms with van der Waals surface area (Å²) in [5.74, 6) is 0.531. The number of aliphatic hydroxyl groups excluding tert-OH is 1. The van der Waals surface area contributed by atoms with E-state index in [9.17, 15) is 4.39 Å². The van der Waals surface area contributed by atoms with Crippen LogP contribution in [0.15, 0.2) is 0 Å². The first-order valence-electron chi connectivity index (χ1n) is 4.49. The molecule has 0 amide bonds. The highest BCUT2D eigenvalue weighted by Crippen LogP contribution is 2.01. The van der Waals surface area contributed by atoms with Crippen LogP contribution >= 0.6 is 0 Å². The van der Waals surface area contributed by atoms with Crippen molar-refractivity contribution in [3.63, 3.8) is 0 Å². The van der Waals surface area contributed by atoms with Crippen molar-refractivity contribution in [1.82, 2.24) is 0 Å². The molecule has 0 saturated heterocycles. The zero-order chi connectivity index (χ0) is 9.40. The number of ether oxygens (including phenoxy) is 1. The minimum Gasteiger partial charge on any atom is -0.393 e. The molecule has 0 aliphatic carbocycles. The molecular weight excluding hydrogens is 159 g/mol. The highest BCUT2D eigenvalue weighted by molar-refractivity contribution is 4.52.